The van der Waals surface area contributed by atoms with E-state index in [1.54, 1.807) is 0 Å². The fraction of sp³-hybridized carbons (Fsp3) is 0. The molecule has 0 aliphatic carbocycles. The predicted molar refractivity (Wildman–Crippen MR) is 181 cm³/mol. The number of nitrogens with zero attached hydrogens (tertiary/aromatic N) is 1. The lowest BCUT2D eigenvalue weighted by Crippen LogP contribution is -1.89. The maximum atomic E-state index is 7.68. The summed E-state index contributed by atoms with van der Waals surface area (Å²) in [6, 6.07) is 49.1. The van der Waals surface area contributed by atoms with Gasteiger partial charge in [-0.2, -0.15) is 0 Å². The Morgan fingerprint density at radius 1 is 0.419 bits per heavy atom. The van der Waals surface area contributed by atoms with Crippen molar-refractivity contribution in [1.29, 1.82) is 0 Å². The molecule has 0 spiro atoms. The van der Waals surface area contributed by atoms with Gasteiger partial charge in [0.15, 0.2) is 5.69 Å². The first kappa shape index (κ1) is 23.8. The SMILES string of the molecule is [C-]#[N+]c1ccc(-c2ccc(-c3cc4ccccc4c4c3oc3ccc5ccccc5c34)c3ccccc23)c2ccccc12. The van der Waals surface area contributed by atoms with Gasteiger partial charge in [-0.3, -0.25) is 0 Å². The molecule has 0 atom stereocenters. The molecule has 0 bridgehead atoms. The maximum Gasteiger partial charge on any atom is 0.194 e. The van der Waals surface area contributed by atoms with Crippen LogP contribution in [0.5, 0.6) is 0 Å². The van der Waals surface area contributed by atoms with Gasteiger partial charge in [0.1, 0.15) is 11.2 Å². The Labute approximate surface area is 247 Å². The van der Waals surface area contributed by atoms with E-state index in [2.05, 4.69) is 120 Å². The molecule has 0 N–H and O–H groups in total. The van der Waals surface area contributed by atoms with Crippen LogP contribution >= 0.6 is 0 Å². The molecule has 0 saturated heterocycles. The van der Waals surface area contributed by atoms with Gasteiger partial charge in [0.2, 0.25) is 0 Å². The third-order valence-corrected chi connectivity index (χ3v) is 8.88. The normalized spacial score (nSPS) is 11.7. The highest BCUT2D eigenvalue weighted by molar-refractivity contribution is 6.29. The van der Waals surface area contributed by atoms with Gasteiger partial charge in [0.25, 0.3) is 0 Å². The Morgan fingerprint density at radius 3 is 1.60 bits per heavy atom. The topological polar surface area (TPSA) is 17.5 Å². The van der Waals surface area contributed by atoms with Gasteiger partial charge in [-0.25, -0.2) is 4.85 Å². The zero-order valence-electron chi connectivity index (χ0n) is 23.1. The van der Waals surface area contributed by atoms with E-state index in [-0.39, 0.29) is 0 Å². The smallest absolute Gasteiger partial charge is 0.194 e. The van der Waals surface area contributed by atoms with Crippen LogP contribution in [0.2, 0.25) is 0 Å². The summed E-state index contributed by atoms with van der Waals surface area (Å²) >= 11 is 0. The summed E-state index contributed by atoms with van der Waals surface area (Å²) in [6.45, 7) is 7.68. The van der Waals surface area contributed by atoms with Gasteiger partial charge in [-0.15, -0.1) is 0 Å². The third kappa shape index (κ3) is 3.40. The third-order valence-electron chi connectivity index (χ3n) is 8.88. The fourth-order valence-corrected chi connectivity index (χ4v) is 6.97. The molecule has 0 radical (unpaired) electrons. The maximum absolute atomic E-state index is 7.68. The minimum absolute atomic E-state index is 0.677. The van der Waals surface area contributed by atoms with E-state index >= 15 is 0 Å². The number of benzene rings is 8. The summed E-state index contributed by atoms with van der Waals surface area (Å²) in [6.07, 6.45) is 0. The molecule has 2 nitrogen and oxygen atoms in total. The molecule has 0 saturated carbocycles. The van der Waals surface area contributed by atoms with E-state index in [9.17, 15) is 0 Å². The van der Waals surface area contributed by atoms with Crippen molar-refractivity contribution in [2.24, 2.45) is 0 Å². The molecule has 9 rings (SSSR count). The van der Waals surface area contributed by atoms with Crippen LogP contribution < -0.4 is 0 Å². The second-order valence-electron chi connectivity index (χ2n) is 11.1. The molecule has 8 aromatic carbocycles. The quantitative estimate of drug-likeness (QED) is 0.198. The first-order valence-corrected chi connectivity index (χ1v) is 14.5. The Balaban J connectivity index is 1.39. The molecule has 1 aromatic heterocycles. The summed E-state index contributed by atoms with van der Waals surface area (Å²) in [5.74, 6) is 0. The molecular formula is C41H23NO. The average molecular weight is 546 g/mol. The van der Waals surface area contributed by atoms with Gasteiger partial charge in [0.05, 0.1) is 6.57 Å². The molecule has 0 amide bonds. The number of furan rings is 1. The zero-order chi connectivity index (χ0) is 28.5. The molecule has 0 aliphatic rings. The Hall–Kier alpha value is -5.91. The molecule has 2 heteroatoms. The van der Waals surface area contributed by atoms with Crippen molar-refractivity contribution in [3.63, 3.8) is 0 Å². The Morgan fingerprint density at radius 2 is 0.930 bits per heavy atom. The summed E-state index contributed by atoms with van der Waals surface area (Å²) in [4.78, 5) is 3.78. The molecular weight excluding hydrogens is 522 g/mol. The highest BCUT2D eigenvalue weighted by Gasteiger charge is 2.20. The van der Waals surface area contributed by atoms with Crippen LogP contribution in [0.4, 0.5) is 5.69 Å². The van der Waals surface area contributed by atoms with E-state index in [0.29, 0.717) is 5.69 Å². The van der Waals surface area contributed by atoms with Crippen LogP contribution in [0, 0.1) is 6.57 Å². The fourth-order valence-electron chi connectivity index (χ4n) is 6.97. The summed E-state index contributed by atoms with van der Waals surface area (Å²) in [7, 11) is 0. The number of hydrogen-bond donors (Lipinski definition) is 0. The Kier molecular flexibility index (Phi) is 5.00. The summed E-state index contributed by atoms with van der Waals surface area (Å²) < 4.78 is 6.77. The lowest BCUT2D eigenvalue weighted by molar-refractivity contribution is 0.670. The van der Waals surface area contributed by atoms with Crippen molar-refractivity contribution in [2.75, 3.05) is 0 Å². The van der Waals surface area contributed by atoms with Gasteiger partial charge >= 0.3 is 0 Å². The van der Waals surface area contributed by atoms with Gasteiger partial charge in [-0.1, -0.05) is 127 Å². The molecule has 0 unspecified atom stereocenters. The molecule has 9 aromatic rings. The first-order valence-electron chi connectivity index (χ1n) is 14.5. The van der Waals surface area contributed by atoms with Crippen molar-refractivity contribution in [1.82, 2.24) is 0 Å². The van der Waals surface area contributed by atoms with Crippen LogP contribution in [0.15, 0.2) is 144 Å². The minimum Gasteiger partial charge on any atom is -0.455 e. The highest BCUT2D eigenvalue weighted by atomic mass is 16.3. The van der Waals surface area contributed by atoms with Crippen molar-refractivity contribution in [2.45, 2.75) is 0 Å². The van der Waals surface area contributed by atoms with Gasteiger partial charge in [-0.05, 0) is 71.9 Å². The first-order chi connectivity index (χ1) is 21.3. The zero-order valence-corrected chi connectivity index (χ0v) is 23.1. The van der Waals surface area contributed by atoms with E-state index in [1.807, 2.05) is 24.3 Å². The predicted octanol–water partition coefficient (Wildman–Crippen LogP) is 12.1. The second-order valence-corrected chi connectivity index (χ2v) is 11.1. The standard InChI is InChI=1S/C41H23NO/c1-42-37-22-21-33(31-16-8-9-17-35(31)37)32-19-20-34(30-15-7-6-14-29(30)32)36-24-26-11-3-5-13-28(26)40-39-27-12-4-2-10-25(27)18-23-38(39)43-41(36)40/h2-24H. The van der Waals surface area contributed by atoms with Crippen molar-refractivity contribution in [3.8, 4) is 22.3 Å². The Bertz CT molecular complexity index is 2630. The monoisotopic (exact) mass is 545 g/mol. The van der Waals surface area contributed by atoms with Crippen molar-refractivity contribution >= 4 is 70.7 Å². The van der Waals surface area contributed by atoms with Crippen LogP contribution in [0.1, 0.15) is 0 Å². The average Bonchev–Trinajstić information content (AvgIpc) is 3.48. The van der Waals surface area contributed by atoms with Crippen LogP contribution in [-0.2, 0) is 0 Å². The van der Waals surface area contributed by atoms with Crippen molar-refractivity contribution < 1.29 is 4.42 Å². The number of rotatable bonds is 2. The van der Waals surface area contributed by atoms with Gasteiger partial charge < -0.3 is 4.42 Å². The molecule has 0 fully saturated rings. The second kappa shape index (κ2) is 9.05. The molecule has 1 heterocycles. The van der Waals surface area contributed by atoms with E-state index in [4.69, 9.17) is 11.0 Å². The number of hydrogen-bond acceptors (Lipinski definition) is 1. The van der Waals surface area contributed by atoms with Crippen LogP contribution in [0.3, 0.4) is 0 Å². The number of fused-ring (bicyclic) bond motifs is 9. The van der Waals surface area contributed by atoms with Crippen LogP contribution in [-0.4, -0.2) is 0 Å². The minimum atomic E-state index is 0.677. The van der Waals surface area contributed by atoms with Crippen molar-refractivity contribution in [3.05, 3.63) is 151 Å². The lowest BCUT2D eigenvalue weighted by atomic mass is 9.88. The lowest BCUT2D eigenvalue weighted by Gasteiger charge is -2.15. The van der Waals surface area contributed by atoms with Gasteiger partial charge in [0, 0.05) is 16.3 Å². The largest absolute Gasteiger partial charge is 0.455 e. The highest BCUT2D eigenvalue weighted by Crippen LogP contribution is 2.46. The van der Waals surface area contributed by atoms with Crippen LogP contribution in [0.25, 0.3) is 92.1 Å². The summed E-state index contributed by atoms with van der Waals surface area (Å²) in [5, 5.41) is 11.5. The van der Waals surface area contributed by atoms with E-state index in [1.165, 1.54) is 37.7 Å². The van der Waals surface area contributed by atoms with E-state index < -0.39 is 0 Å². The van der Waals surface area contributed by atoms with E-state index in [0.717, 1.165) is 49.6 Å². The molecule has 198 valence electrons. The molecule has 43 heavy (non-hydrogen) atoms. The summed E-state index contributed by atoms with van der Waals surface area (Å²) in [5.41, 5.74) is 7.00. The molecule has 0 aliphatic heterocycles.